The summed E-state index contributed by atoms with van der Waals surface area (Å²) in [6.07, 6.45) is 7.33. The van der Waals surface area contributed by atoms with Gasteiger partial charge in [-0.15, -0.1) is 0 Å². The first-order chi connectivity index (χ1) is 12.0. The number of hydrogen-bond acceptors (Lipinski definition) is 4. The fourth-order valence-corrected chi connectivity index (χ4v) is 3.60. The Balaban J connectivity index is 0.000000260. The predicted molar refractivity (Wildman–Crippen MR) is 92.2 cm³/mol. The number of anilines is 1. The van der Waals surface area contributed by atoms with E-state index >= 15 is 0 Å². The van der Waals surface area contributed by atoms with Crippen LogP contribution in [0.4, 0.5) is 18.9 Å². The van der Waals surface area contributed by atoms with Crippen molar-refractivity contribution in [1.82, 2.24) is 0 Å². The van der Waals surface area contributed by atoms with Crippen molar-refractivity contribution < 1.29 is 30.7 Å². The zero-order valence-corrected chi connectivity index (χ0v) is 15.5. The van der Waals surface area contributed by atoms with Gasteiger partial charge in [-0.05, 0) is 25.0 Å². The van der Waals surface area contributed by atoms with Crippen LogP contribution in [0.1, 0.15) is 51.5 Å². The van der Waals surface area contributed by atoms with Crippen LogP contribution in [0.5, 0.6) is 0 Å². The average molecular weight is 392 g/mol. The predicted octanol–water partition coefficient (Wildman–Crippen LogP) is 3.66. The lowest BCUT2D eigenvalue weighted by molar-refractivity contribution is -0.596. The van der Waals surface area contributed by atoms with Gasteiger partial charge in [0, 0.05) is 26.7 Å². The number of alkyl halides is 3. The third kappa shape index (κ3) is 4.76. The van der Waals surface area contributed by atoms with E-state index in [4.69, 9.17) is 13.0 Å². The lowest BCUT2D eigenvalue weighted by atomic mass is 9.93. The number of rotatable bonds is 1. The third-order valence-corrected chi connectivity index (χ3v) is 5.30. The second kappa shape index (κ2) is 7.96. The molecule has 3 rings (SSSR count). The van der Waals surface area contributed by atoms with Gasteiger partial charge in [0.2, 0.25) is 6.17 Å². The second-order valence-corrected chi connectivity index (χ2v) is 7.92. The van der Waals surface area contributed by atoms with Gasteiger partial charge in [-0.3, -0.25) is 0 Å². The monoisotopic (exact) mass is 392 g/mol. The number of hydrogen-bond donors (Lipinski definition) is 1. The van der Waals surface area contributed by atoms with Crippen molar-refractivity contribution in [3.63, 3.8) is 0 Å². The normalized spacial score (nSPS) is 21.4. The van der Waals surface area contributed by atoms with Gasteiger partial charge in [-0.25, -0.2) is 13.0 Å². The Hall–Kier alpha value is -1.61. The summed E-state index contributed by atoms with van der Waals surface area (Å²) in [7, 11) is -6.09. The molecule has 146 valence electrons. The fourth-order valence-electron chi connectivity index (χ4n) is 3.60. The minimum Gasteiger partial charge on any atom is -0.741 e. The van der Waals surface area contributed by atoms with E-state index in [2.05, 4.69) is 48.0 Å². The highest BCUT2D eigenvalue weighted by Gasteiger charge is 2.37. The van der Waals surface area contributed by atoms with Gasteiger partial charge in [0.15, 0.2) is 21.9 Å². The van der Waals surface area contributed by atoms with Crippen LogP contribution in [-0.4, -0.2) is 41.0 Å². The largest absolute Gasteiger partial charge is 0.741 e. The molecule has 1 heterocycles. The maximum Gasteiger partial charge on any atom is 0.485 e. The van der Waals surface area contributed by atoms with Crippen LogP contribution in [0.25, 0.3) is 0 Å². The maximum absolute atomic E-state index is 10.7. The fraction of sp³-hybridized carbons (Fsp3) is 0.588. The summed E-state index contributed by atoms with van der Waals surface area (Å²) in [4.78, 5) is 0. The molecule has 0 amide bonds. The van der Waals surface area contributed by atoms with Crippen LogP contribution >= 0.6 is 0 Å². The van der Waals surface area contributed by atoms with E-state index in [1.165, 1.54) is 49.1 Å². The lowest BCUT2D eigenvalue weighted by Gasteiger charge is -2.30. The molecule has 1 saturated carbocycles. The highest BCUT2D eigenvalue weighted by molar-refractivity contribution is 7.86. The standard InChI is InChI=1S/C16H22N2.CHF3O3S/c1-12-15-10-6-7-11-16(15)17-13(2)18(12)14-8-4-3-5-9-14;2-1(3,4)8(5,6)7/h6-7,10-11,13-14H,3-5,8-9H2,1-2H3;(H,5,6,7)/t13-;/m0./s1. The Labute approximate surface area is 151 Å². The molecule has 1 atom stereocenters. The van der Waals surface area contributed by atoms with E-state index < -0.39 is 15.6 Å². The van der Waals surface area contributed by atoms with Crippen molar-refractivity contribution in [2.75, 3.05) is 5.32 Å². The number of para-hydroxylation sites is 1. The lowest BCUT2D eigenvalue weighted by Crippen LogP contribution is -2.45. The smallest absolute Gasteiger partial charge is 0.485 e. The minimum atomic E-state index is -6.09. The maximum atomic E-state index is 10.7. The summed E-state index contributed by atoms with van der Waals surface area (Å²) < 4.78 is 61.5. The van der Waals surface area contributed by atoms with Crippen LogP contribution in [0, 0.1) is 0 Å². The molecule has 2 aliphatic rings. The summed E-state index contributed by atoms with van der Waals surface area (Å²) in [5.74, 6) is 0. The summed E-state index contributed by atoms with van der Waals surface area (Å²) >= 11 is 0. The van der Waals surface area contributed by atoms with Gasteiger partial charge in [0.25, 0.3) is 0 Å². The number of nitrogens with one attached hydrogen (secondary N) is 1. The SMILES string of the molecule is CC1=[N+](C2CCCCC2)[C@@H](C)Nc2ccccc21.O=S(=O)([O-])C(F)(F)F. The van der Waals surface area contributed by atoms with Crippen molar-refractivity contribution in [2.45, 2.75) is 63.7 Å². The molecule has 5 nitrogen and oxygen atoms in total. The topological polar surface area (TPSA) is 72.2 Å². The molecule has 1 aliphatic carbocycles. The molecule has 26 heavy (non-hydrogen) atoms. The van der Waals surface area contributed by atoms with Gasteiger partial charge in [0.1, 0.15) is 0 Å². The summed E-state index contributed by atoms with van der Waals surface area (Å²) in [6.45, 7) is 4.57. The first-order valence-electron chi connectivity index (χ1n) is 8.52. The number of fused-ring (bicyclic) bond motifs is 1. The Morgan fingerprint density at radius 1 is 1.15 bits per heavy atom. The van der Waals surface area contributed by atoms with E-state index in [1.54, 1.807) is 0 Å². The third-order valence-electron chi connectivity index (χ3n) is 4.74. The summed E-state index contributed by atoms with van der Waals surface area (Å²) in [5.41, 5.74) is -1.54. The average Bonchev–Trinajstić information content (AvgIpc) is 2.54. The van der Waals surface area contributed by atoms with Crippen molar-refractivity contribution in [3.05, 3.63) is 29.8 Å². The Morgan fingerprint density at radius 2 is 1.69 bits per heavy atom. The van der Waals surface area contributed by atoms with Crippen LogP contribution in [0.2, 0.25) is 0 Å². The number of nitrogens with zero attached hydrogens (tertiary/aromatic N) is 1. The van der Waals surface area contributed by atoms with Gasteiger partial charge < -0.3 is 9.87 Å². The van der Waals surface area contributed by atoms with E-state index in [0.717, 1.165) is 6.04 Å². The summed E-state index contributed by atoms with van der Waals surface area (Å²) in [6, 6.07) is 9.41. The molecule has 1 fully saturated rings. The zero-order chi connectivity index (χ0) is 19.5. The van der Waals surface area contributed by atoms with Crippen LogP contribution in [0.3, 0.4) is 0 Å². The molecule has 9 heteroatoms. The van der Waals surface area contributed by atoms with Crippen molar-refractivity contribution in [1.29, 1.82) is 0 Å². The first-order valence-corrected chi connectivity index (χ1v) is 9.93. The molecule has 0 unspecified atom stereocenters. The van der Waals surface area contributed by atoms with Gasteiger partial charge in [-0.1, -0.05) is 18.6 Å². The molecule has 1 aromatic carbocycles. The zero-order valence-electron chi connectivity index (χ0n) is 14.7. The van der Waals surface area contributed by atoms with E-state index in [-0.39, 0.29) is 0 Å². The Kier molecular flexibility index (Phi) is 6.33. The van der Waals surface area contributed by atoms with E-state index in [9.17, 15) is 13.2 Å². The highest BCUT2D eigenvalue weighted by Crippen LogP contribution is 2.27. The molecule has 0 spiro atoms. The Morgan fingerprint density at radius 3 is 2.23 bits per heavy atom. The highest BCUT2D eigenvalue weighted by atomic mass is 32.2. The molecule has 1 aromatic rings. The van der Waals surface area contributed by atoms with E-state index in [0.29, 0.717) is 6.17 Å². The molecule has 0 radical (unpaired) electrons. The van der Waals surface area contributed by atoms with Crippen LogP contribution in [0.15, 0.2) is 24.3 Å². The first kappa shape index (κ1) is 20.7. The number of halogens is 3. The summed E-state index contributed by atoms with van der Waals surface area (Å²) in [5, 5.41) is 3.64. The molecule has 0 saturated heterocycles. The molecule has 0 aromatic heterocycles. The van der Waals surface area contributed by atoms with Crippen LogP contribution in [-0.2, 0) is 10.1 Å². The Bertz CT molecular complexity index is 770. The van der Waals surface area contributed by atoms with Gasteiger partial charge in [0.05, 0.1) is 11.3 Å². The molecular formula is C17H23F3N2O3S. The molecule has 0 bridgehead atoms. The molecule has 1 N–H and O–H groups in total. The second-order valence-electron chi connectivity index (χ2n) is 6.55. The minimum absolute atomic E-state index is 0.419. The van der Waals surface area contributed by atoms with Crippen molar-refractivity contribution >= 4 is 21.5 Å². The quantitative estimate of drug-likeness (QED) is 0.450. The van der Waals surface area contributed by atoms with Crippen molar-refractivity contribution in [2.24, 2.45) is 0 Å². The van der Waals surface area contributed by atoms with Gasteiger partial charge >= 0.3 is 5.51 Å². The number of benzene rings is 1. The van der Waals surface area contributed by atoms with Crippen molar-refractivity contribution in [3.8, 4) is 0 Å². The molecular weight excluding hydrogens is 369 g/mol. The van der Waals surface area contributed by atoms with Crippen LogP contribution < -0.4 is 5.32 Å². The van der Waals surface area contributed by atoms with E-state index in [1.807, 2.05) is 0 Å². The van der Waals surface area contributed by atoms with Gasteiger partial charge in [-0.2, -0.15) is 13.2 Å². The molecule has 1 aliphatic heterocycles.